The molecule has 0 fully saturated rings. The number of alkyl halides is 4. The Morgan fingerprint density at radius 3 is 2.28 bits per heavy atom. The molecule has 25 heavy (non-hydrogen) atoms. The SMILES string of the molecule is CC(C)(C)NS(=O)(=O)c1ccc(Br)cc1C(Br)CNC(=O)C(F)(F)F. The van der Waals surface area contributed by atoms with E-state index < -0.39 is 39.0 Å². The zero-order chi connectivity index (χ0) is 19.6. The van der Waals surface area contributed by atoms with Gasteiger partial charge in [-0.2, -0.15) is 13.2 Å². The minimum Gasteiger partial charge on any atom is -0.347 e. The largest absolute Gasteiger partial charge is 0.471 e. The first-order valence-corrected chi connectivity index (χ1v) is 10.2. The molecule has 0 heterocycles. The highest BCUT2D eigenvalue weighted by atomic mass is 79.9. The number of amides is 1. The molecule has 1 aromatic rings. The van der Waals surface area contributed by atoms with E-state index in [0.717, 1.165) is 0 Å². The van der Waals surface area contributed by atoms with E-state index in [1.54, 1.807) is 26.1 Å². The summed E-state index contributed by atoms with van der Waals surface area (Å²) in [6, 6.07) is 4.32. The number of benzene rings is 1. The Morgan fingerprint density at radius 1 is 1.24 bits per heavy atom. The van der Waals surface area contributed by atoms with Crippen LogP contribution in [-0.4, -0.2) is 32.6 Å². The van der Waals surface area contributed by atoms with Crippen molar-refractivity contribution in [3.8, 4) is 0 Å². The molecule has 0 saturated heterocycles. The molecule has 1 rings (SSSR count). The molecule has 142 valence electrons. The van der Waals surface area contributed by atoms with Crippen LogP contribution in [0.25, 0.3) is 0 Å². The minimum absolute atomic E-state index is 0.0891. The summed E-state index contributed by atoms with van der Waals surface area (Å²) in [4.78, 5) is 10.0. The molecule has 0 saturated carbocycles. The average molecular weight is 510 g/mol. The van der Waals surface area contributed by atoms with Crippen molar-refractivity contribution in [1.82, 2.24) is 10.0 Å². The predicted molar refractivity (Wildman–Crippen MR) is 94.9 cm³/mol. The molecule has 0 aromatic heterocycles. The highest BCUT2D eigenvalue weighted by Crippen LogP contribution is 2.32. The molecule has 1 aromatic carbocycles. The molecular formula is C14H17Br2F3N2O3S. The average Bonchev–Trinajstić information content (AvgIpc) is 2.40. The van der Waals surface area contributed by atoms with E-state index in [1.165, 1.54) is 18.2 Å². The number of sulfonamides is 1. The van der Waals surface area contributed by atoms with Crippen molar-refractivity contribution in [2.24, 2.45) is 0 Å². The van der Waals surface area contributed by atoms with Gasteiger partial charge in [0.15, 0.2) is 0 Å². The number of nitrogens with one attached hydrogen (secondary N) is 2. The Balaban J connectivity index is 3.15. The van der Waals surface area contributed by atoms with Crippen LogP contribution in [0.2, 0.25) is 0 Å². The molecular weight excluding hydrogens is 493 g/mol. The molecule has 0 spiro atoms. The van der Waals surface area contributed by atoms with Gasteiger partial charge in [-0.25, -0.2) is 13.1 Å². The number of carbonyl (C=O) groups excluding carboxylic acids is 1. The molecule has 0 aliphatic heterocycles. The van der Waals surface area contributed by atoms with Gasteiger partial charge in [-0.05, 0) is 44.5 Å². The van der Waals surface area contributed by atoms with Gasteiger partial charge in [-0.15, -0.1) is 0 Å². The van der Waals surface area contributed by atoms with Gasteiger partial charge >= 0.3 is 12.1 Å². The maximum absolute atomic E-state index is 12.6. The van der Waals surface area contributed by atoms with Gasteiger partial charge < -0.3 is 5.32 Å². The molecule has 1 unspecified atom stereocenters. The Morgan fingerprint density at radius 2 is 1.80 bits per heavy atom. The second-order valence-corrected chi connectivity index (χ2v) is 9.88. The number of carbonyl (C=O) groups is 1. The van der Waals surface area contributed by atoms with E-state index >= 15 is 0 Å². The van der Waals surface area contributed by atoms with Crippen LogP contribution < -0.4 is 10.0 Å². The Kier molecular flexibility index (Phi) is 7.10. The highest BCUT2D eigenvalue weighted by molar-refractivity contribution is 9.10. The van der Waals surface area contributed by atoms with E-state index in [1.807, 2.05) is 0 Å². The summed E-state index contributed by atoms with van der Waals surface area (Å²) in [5, 5.41) is 1.73. The van der Waals surface area contributed by atoms with E-state index in [2.05, 4.69) is 36.6 Å². The Hall–Kier alpha value is -0.650. The van der Waals surface area contributed by atoms with Gasteiger partial charge in [0.2, 0.25) is 10.0 Å². The molecule has 11 heteroatoms. The molecule has 0 bridgehead atoms. The summed E-state index contributed by atoms with van der Waals surface area (Å²) in [6.45, 7) is 4.56. The summed E-state index contributed by atoms with van der Waals surface area (Å²) in [6.07, 6.45) is -5.01. The topological polar surface area (TPSA) is 75.3 Å². The lowest BCUT2D eigenvalue weighted by molar-refractivity contribution is -0.173. The minimum atomic E-state index is -5.01. The summed E-state index contributed by atoms with van der Waals surface area (Å²) in [5.41, 5.74) is -0.524. The van der Waals surface area contributed by atoms with Crippen LogP contribution in [0, 0.1) is 0 Å². The van der Waals surface area contributed by atoms with Crippen molar-refractivity contribution in [3.63, 3.8) is 0 Å². The van der Waals surface area contributed by atoms with Gasteiger partial charge in [0.1, 0.15) is 0 Å². The summed E-state index contributed by atoms with van der Waals surface area (Å²) in [7, 11) is -3.91. The van der Waals surface area contributed by atoms with E-state index in [0.29, 0.717) is 4.47 Å². The summed E-state index contributed by atoms with van der Waals surface area (Å²) < 4.78 is 65.0. The fourth-order valence-electron chi connectivity index (χ4n) is 1.86. The fraction of sp³-hybridized carbons (Fsp3) is 0.500. The monoisotopic (exact) mass is 508 g/mol. The molecule has 0 radical (unpaired) electrons. The van der Waals surface area contributed by atoms with E-state index in [9.17, 15) is 26.4 Å². The van der Waals surface area contributed by atoms with Crippen LogP contribution in [0.5, 0.6) is 0 Å². The third-order valence-electron chi connectivity index (χ3n) is 2.74. The molecule has 1 atom stereocenters. The lowest BCUT2D eigenvalue weighted by Crippen LogP contribution is -2.41. The first-order valence-electron chi connectivity index (χ1n) is 6.96. The third-order valence-corrected chi connectivity index (χ3v) is 5.88. The van der Waals surface area contributed by atoms with Crippen molar-refractivity contribution in [3.05, 3.63) is 28.2 Å². The number of hydrogen-bond donors (Lipinski definition) is 2. The normalized spacial score (nSPS) is 14.2. The van der Waals surface area contributed by atoms with Crippen molar-refractivity contribution in [1.29, 1.82) is 0 Å². The van der Waals surface area contributed by atoms with Gasteiger partial charge in [-0.1, -0.05) is 31.9 Å². The van der Waals surface area contributed by atoms with Crippen LogP contribution in [0.15, 0.2) is 27.6 Å². The molecule has 2 N–H and O–H groups in total. The highest BCUT2D eigenvalue weighted by Gasteiger charge is 2.38. The Bertz CT molecular complexity index is 747. The standard InChI is InChI=1S/C14H17Br2F3N2O3S/c1-13(2,3)21-25(23,24)11-5-4-8(15)6-9(11)10(16)7-20-12(22)14(17,18)19/h4-6,10,21H,7H2,1-3H3,(H,20,22). The van der Waals surface area contributed by atoms with Gasteiger partial charge in [0.25, 0.3) is 0 Å². The molecule has 0 aliphatic rings. The zero-order valence-corrected chi connectivity index (χ0v) is 17.5. The van der Waals surface area contributed by atoms with Crippen LogP contribution >= 0.6 is 31.9 Å². The van der Waals surface area contributed by atoms with E-state index in [4.69, 9.17) is 0 Å². The third kappa shape index (κ3) is 6.87. The smallest absolute Gasteiger partial charge is 0.347 e. The second-order valence-electron chi connectivity index (χ2n) is 6.21. The quantitative estimate of drug-likeness (QED) is 0.595. The molecule has 5 nitrogen and oxygen atoms in total. The first kappa shape index (κ1) is 22.4. The summed E-state index contributed by atoms with van der Waals surface area (Å²) >= 11 is 6.34. The fourth-order valence-corrected chi connectivity index (χ4v) is 4.61. The summed E-state index contributed by atoms with van der Waals surface area (Å²) in [5.74, 6) is -2.09. The Labute approximate surface area is 161 Å². The van der Waals surface area contributed by atoms with Crippen LogP contribution in [-0.2, 0) is 14.8 Å². The van der Waals surface area contributed by atoms with Gasteiger partial charge in [-0.3, -0.25) is 4.79 Å². The van der Waals surface area contributed by atoms with Crippen molar-refractivity contribution in [2.75, 3.05) is 6.54 Å². The van der Waals surface area contributed by atoms with Gasteiger partial charge in [0, 0.05) is 16.6 Å². The second kappa shape index (κ2) is 7.93. The van der Waals surface area contributed by atoms with Crippen LogP contribution in [0.1, 0.15) is 31.2 Å². The van der Waals surface area contributed by atoms with Crippen LogP contribution in [0.3, 0.4) is 0 Å². The lowest BCUT2D eigenvalue weighted by Gasteiger charge is -2.23. The molecule has 1 amide bonds. The first-order chi connectivity index (χ1) is 11.1. The predicted octanol–water partition coefficient (Wildman–Crippen LogP) is 3.64. The number of rotatable bonds is 5. The lowest BCUT2D eigenvalue weighted by atomic mass is 10.1. The van der Waals surface area contributed by atoms with Crippen LogP contribution in [0.4, 0.5) is 13.2 Å². The van der Waals surface area contributed by atoms with E-state index in [-0.39, 0.29) is 10.5 Å². The zero-order valence-electron chi connectivity index (χ0n) is 13.5. The number of halogens is 5. The number of hydrogen-bond acceptors (Lipinski definition) is 3. The maximum Gasteiger partial charge on any atom is 0.471 e. The van der Waals surface area contributed by atoms with Crippen molar-refractivity contribution < 1.29 is 26.4 Å². The van der Waals surface area contributed by atoms with Gasteiger partial charge in [0.05, 0.1) is 9.72 Å². The van der Waals surface area contributed by atoms with Crippen molar-refractivity contribution >= 4 is 47.8 Å². The van der Waals surface area contributed by atoms with Crippen molar-refractivity contribution in [2.45, 2.75) is 42.2 Å². The maximum atomic E-state index is 12.6. The molecule has 0 aliphatic carbocycles.